The van der Waals surface area contributed by atoms with Crippen molar-refractivity contribution in [1.82, 2.24) is 20.3 Å². The molecule has 0 aliphatic carbocycles. The van der Waals surface area contributed by atoms with Gasteiger partial charge < -0.3 is 10.1 Å². The van der Waals surface area contributed by atoms with Gasteiger partial charge in [-0.2, -0.15) is 0 Å². The standard InChI is InChI=1S/C29H32FN5O3/c1-4-38-24-15-13-23(14-16-24)35(27(36)19-34-26-8-6-5-7-25(26)32-33-34)28(21-9-11-22(30)12-10-21)29(37)31-18-17-20(2)3/h5-16,20,28H,4,17-19H2,1-3H3,(H,31,37)/t28-/m0/s1. The van der Waals surface area contributed by atoms with Crippen molar-refractivity contribution in [2.45, 2.75) is 39.8 Å². The molecule has 1 atom stereocenters. The van der Waals surface area contributed by atoms with Crippen molar-refractivity contribution in [3.8, 4) is 5.75 Å². The number of carbonyl (C=O) groups excluding carboxylic acids is 2. The number of fused-ring (bicyclic) bond motifs is 1. The summed E-state index contributed by atoms with van der Waals surface area (Å²) in [5.74, 6) is -0.128. The molecule has 0 radical (unpaired) electrons. The number of amides is 2. The number of rotatable bonds is 11. The molecule has 0 bridgehead atoms. The van der Waals surface area contributed by atoms with Crippen LogP contribution in [0.5, 0.6) is 5.75 Å². The number of aromatic nitrogens is 3. The quantitative estimate of drug-likeness (QED) is 0.306. The second-order valence-corrected chi connectivity index (χ2v) is 9.35. The summed E-state index contributed by atoms with van der Waals surface area (Å²) in [6.45, 7) is 6.83. The van der Waals surface area contributed by atoms with Crippen molar-refractivity contribution in [3.05, 3.63) is 84.2 Å². The van der Waals surface area contributed by atoms with E-state index in [1.165, 1.54) is 33.8 Å². The van der Waals surface area contributed by atoms with E-state index in [4.69, 9.17) is 4.74 Å². The zero-order valence-electron chi connectivity index (χ0n) is 21.8. The molecule has 8 nitrogen and oxygen atoms in total. The van der Waals surface area contributed by atoms with Crippen LogP contribution in [0.25, 0.3) is 11.0 Å². The van der Waals surface area contributed by atoms with E-state index in [9.17, 15) is 14.0 Å². The Bertz CT molecular complexity index is 1370. The highest BCUT2D eigenvalue weighted by molar-refractivity contribution is 6.01. The van der Waals surface area contributed by atoms with Gasteiger partial charge in [-0.3, -0.25) is 14.5 Å². The molecule has 2 amide bonds. The number of para-hydroxylation sites is 1. The molecule has 1 N–H and O–H groups in total. The summed E-state index contributed by atoms with van der Waals surface area (Å²) < 4.78 is 20.9. The number of nitrogens with one attached hydrogen (secondary N) is 1. The van der Waals surface area contributed by atoms with Crippen molar-refractivity contribution in [3.63, 3.8) is 0 Å². The molecule has 0 saturated heterocycles. The van der Waals surface area contributed by atoms with Crippen LogP contribution in [-0.4, -0.2) is 40.0 Å². The predicted molar refractivity (Wildman–Crippen MR) is 144 cm³/mol. The van der Waals surface area contributed by atoms with Crippen LogP contribution in [0.1, 0.15) is 38.8 Å². The van der Waals surface area contributed by atoms with Crippen LogP contribution in [0.15, 0.2) is 72.8 Å². The van der Waals surface area contributed by atoms with E-state index >= 15 is 0 Å². The van der Waals surface area contributed by atoms with Crippen molar-refractivity contribution in [2.24, 2.45) is 5.92 Å². The molecule has 0 fully saturated rings. The van der Waals surface area contributed by atoms with Crippen LogP contribution < -0.4 is 15.0 Å². The maximum atomic E-state index is 14.0. The van der Waals surface area contributed by atoms with Gasteiger partial charge in [-0.1, -0.05) is 43.3 Å². The molecule has 9 heteroatoms. The lowest BCUT2D eigenvalue weighted by Crippen LogP contribution is -2.45. The third-order valence-corrected chi connectivity index (χ3v) is 6.11. The van der Waals surface area contributed by atoms with E-state index in [0.717, 1.165) is 6.42 Å². The molecule has 1 aromatic heterocycles. The van der Waals surface area contributed by atoms with E-state index in [1.54, 1.807) is 24.3 Å². The predicted octanol–water partition coefficient (Wildman–Crippen LogP) is 4.91. The number of carbonyl (C=O) groups is 2. The van der Waals surface area contributed by atoms with Gasteiger partial charge in [-0.25, -0.2) is 9.07 Å². The number of hydrogen-bond donors (Lipinski definition) is 1. The monoisotopic (exact) mass is 517 g/mol. The Morgan fingerprint density at radius 3 is 2.42 bits per heavy atom. The molecule has 3 aromatic carbocycles. The van der Waals surface area contributed by atoms with Crippen LogP contribution in [0, 0.1) is 11.7 Å². The average Bonchev–Trinajstić information content (AvgIpc) is 3.31. The van der Waals surface area contributed by atoms with E-state index < -0.39 is 11.9 Å². The topological polar surface area (TPSA) is 89.3 Å². The second kappa shape index (κ2) is 12.3. The minimum atomic E-state index is -1.04. The first kappa shape index (κ1) is 26.8. The third-order valence-electron chi connectivity index (χ3n) is 6.11. The third kappa shape index (κ3) is 6.34. The second-order valence-electron chi connectivity index (χ2n) is 9.35. The Morgan fingerprint density at radius 2 is 1.74 bits per heavy atom. The normalized spacial score (nSPS) is 11.9. The highest BCUT2D eigenvalue weighted by Gasteiger charge is 2.33. The molecule has 0 spiro atoms. The highest BCUT2D eigenvalue weighted by atomic mass is 19.1. The number of anilines is 1. The van der Waals surface area contributed by atoms with Gasteiger partial charge in [-0.15, -0.1) is 5.10 Å². The number of benzene rings is 3. The van der Waals surface area contributed by atoms with Crippen LogP contribution in [0.2, 0.25) is 0 Å². The summed E-state index contributed by atoms with van der Waals surface area (Å²) in [7, 11) is 0. The molecular weight excluding hydrogens is 485 g/mol. The Kier molecular flexibility index (Phi) is 8.68. The molecular formula is C29H32FN5O3. The minimum absolute atomic E-state index is 0.148. The minimum Gasteiger partial charge on any atom is -0.494 e. The van der Waals surface area contributed by atoms with E-state index in [1.807, 2.05) is 31.2 Å². The van der Waals surface area contributed by atoms with Gasteiger partial charge in [-0.05, 0) is 73.4 Å². The SMILES string of the molecule is CCOc1ccc(N(C(=O)Cn2nnc3ccccc32)[C@H](C(=O)NCCC(C)C)c2ccc(F)cc2)cc1. The first-order valence-corrected chi connectivity index (χ1v) is 12.7. The molecule has 198 valence electrons. The lowest BCUT2D eigenvalue weighted by atomic mass is 10.0. The summed E-state index contributed by atoms with van der Waals surface area (Å²) in [4.78, 5) is 29.1. The molecule has 4 aromatic rings. The zero-order valence-corrected chi connectivity index (χ0v) is 21.8. The summed E-state index contributed by atoms with van der Waals surface area (Å²) in [5, 5.41) is 11.3. The van der Waals surface area contributed by atoms with Crippen molar-refractivity contribution in [2.75, 3.05) is 18.1 Å². The molecule has 1 heterocycles. The number of nitrogens with zero attached hydrogens (tertiary/aromatic N) is 4. The Morgan fingerprint density at radius 1 is 1.03 bits per heavy atom. The van der Waals surface area contributed by atoms with Crippen LogP contribution in [-0.2, 0) is 16.1 Å². The molecule has 0 aliphatic heterocycles. The Balaban J connectivity index is 1.75. The maximum Gasteiger partial charge on any atom is 0.249 e. The first-order chi connectivity index (χ1) is 18.4. The molecule has 38 heavy (non-hydrogen) atoms. The van der Waals surface area contributed by atoms with Gasteiger partial charge in [0, 0.05) is 12.2 Å². The molecule has 0 aliphatic rings. The fourth-order valence-electron chi connectivity index (χ4n) is 4.19. The van der Waals surface area contributed by atoms with E-state index in [-0.39, 0.29) is 18.4 Å². The zero-order chi connectivity index (χ0) is 27.1. The Labute approximate surface area is 221 Å². The van der Waals surface area contributed by atoms with Gasteiger partial charge in [0.25, 0.3) is 0 Å². The fraction of sp³-hybridized carbons (Fsp3) is 0.310. The highest BCUT2D eigenvalue weighted by Crippen LogP contribution is 2.30. The number of ether oxygens (including phenoxy) is 1. The average molecular weight is 518 g/mol. The van der Waals surface area contributed by atoms with Gasteiger partial charge >= 0.3 is 0 Å². The van der Waals surface area contributed by atoms with Gasteiger partial charge in [0.2, 0.25) is 11.8 Å². The van der Waals surface area contributed by atoms with Crippen molar-refractivity contribution < 1.29 is 18.7 Å². The van der Waals surface area contributed by atoms with Crippen LogP contribution >= 0.6 is 0 Å². The summed E-state index contributed by atoms with van der Waals surface area (Å²) in [6.07, 6.45) is 0.782. The summed E-state index contributed by atoms with van der Waals surface area (Å²) >= 11 is 0. The molecule has 4 rings (SSSR count). The molecule has 0 saturated carbocycles. The fourth-order valence-corrected chi connectivity index (χ4v) is 4.19. The first-order valence-electron chi connectivity index (χ1n) is 12.7. The lowest BCUT2D eigenvalue weighted by Gasteiger charge is -2.32. The number of halogens is 1. The smallest absolute Gasteiger partial charge is 0.249 e. The Hall–Kier alpha value is -4.27. The largest absolute Gasteiger partial charge is 0.494 e. The van der Waals surface area contributed by atoms with E-state index in [2.05, 4.69) is 29.5 Å². The van der Waals surface area contributed by atoms with Crippen LogP contribution in [0.3, 0.4) is 0 Å². The van der Waals surface area contributed by atoms with Crippen molar-refractivity contribution in [1.29, 1.82) is 0 Å². The van der Waals surface area contributed by atoms with Gasteiger partial charge in [0.1, 0.15) is 29.7 Å². The van der Waals surface area contributed by atoms with Crippen LogP contribution in [0.4, 0.5) is 10.1 Å². The lowest BCUT2D eigenvalue weighted by molar-refractivity contribution is -0.127. The van der Waals surface area contributed by atoms with Gasteiger partial charge in [0.15, 0.2) is 0 Å². The number of hydrogen-bond acceptors (Lipinski definition) is 5. The summed E-state index contributed by atoms with van der Waals surface area (Å²) in [5.41, 5.74) is 2.34. The van der Waals surface area contributed by atoms with E-state index in [0.29, 0.717) is 47.1 Å². The molecule has 0 unspecified atom stereocenters. The maximum absolute atomic E-state index is 14.0. The summed E-state index contributed by atoms with van der Waals surface area (Å²) in [6, 6.07) is 18.9. The van der Waals surface area contributed by atoms with Crippen molar-refractivity contribution >= 4 is 28.5 Å². The van der Waals surface area contributed by atoms with Gasteiger partial charge in [0.05, 0.1) is 12.1 Å².